The molecular weight excluding hydrogens is 325 g/mol. The van der Waals surface area contributed by atoms with Gasteiger partial charge in [-0.15, -0.1) is 0 Å². The van der Waals surface area contributed by atoms with Crippen LogP contribution in [-0.2, 0) is 6.42 Å². The molecule has 1 aliphatic rings. The maximum absolute atomic E-state index is 13.2. The number of fused-ring (bicyclic) bond motifs is 2. The number of benzene rings is 2. The van der Waals surface area contributed by atoms with Gasteiger partial charge in [0.2, 0.25) is 0 Å². The van der Waals surface area contributed by atoms with E-state index in [-0.39, 0.29) is 11.7 Å². The monoisotopic (exact) mass is 343 g/mol. The SMILES string of the molecule is CC1(C)Oc2c(cc3nonc3c2N)C(Cc2ccc(F)cc2)C1O. The van der Waals surface area contributed by atoms with Crippen LogP contribution in [0, 0.1) is 5.82 Å². The molecule has 1 aromatic heterocycles. The standard InChI is InChI=1S/C18H18FN3O3/c1-18(2)17(23)12(7-9-3-5-10(19)6-4-9)11-8-13-15(22-25-21-13)14(20)16(11)24-18/h3-6,8,12,17,23H,7,20H2,1-2H3. The number of hydrogen-bond donors (Lipinski definition) is 2. The van der Waals surface area contributed by atoms with Crippen LogP contribution in [0.3, 0.4) is 0 Å². The van der Waals surface area contributed by atoms with Gasteiger partial charge in [-0.25, -0.2) is 9.02 Å². The van der Waals surface area contributed by atoms with Crippen LogP contribution in [-0.4, -0.2) is 27.1 Å². The summed E-state index contributed by atoms with van der Waals surface area (Å²) in [5.74, 6) is -0.0881. The highest BCUT2D eigenvalue weighted by Crippen LogP contribution is 2.47. The first kappa shape index (κ1) is 15.8. The van der Waals surface area contributed by atoms with Crippen molar-refractivity contribution in [3.05, 3.63) is 47.3 Å². The van der Waals surface area contributed by atoms with E-state index in [9.17, 15) is 9.50 Å². The van der Waals surface area contributed by atoms with Crippen molar-refractivity contribution in [2.75, 3.05) is 5.73 Å². The first-order chi connectivity index (χ1) is 11.9. The number of nitrogens with two attached hydrogens (primary N) is 1. The lowest BCUT2D eigenvalue weighted by atomic mass is 9.78. The van der Waals surface area contributed by atoms with Gasteiger partial charge in [-0.1, -0.05) is 12.1 Å². The summed E-state index contributed by atoms with van der Waals surface area (Å²) in [5, 5.41) is 18.5. The van der Waals surface area contributed by atoms with Gasteiger partial charge >= 0.3 is 0 Å². The average Bonchev–Trinajstić information content (AvgIpc) is 3.04. The number of aliphatic hydroxyl groups excluding tert-OH is 1. The summed E-state index contributed by atoms with van der Waals surface area (Å²) in [6.07, 6.45) is -0.265. The molecule has 4 rings (SSSR count). The van der Waals surface area contributed by atoms with Gasteiger partial charge in [-0.05, 0) is 54.3 Å². The van der Waals surface area contributed by atoms with Crippen LogP contribution in [0.2, 0.25) is 0 Å². The minimum Gasteiger partial charge on any atom is -0.483 e. The van der Waals surface area contributed by atoms with E-state index in [1.807, 2.05) is 13.8 Å². The summed E-state index contributed by atoms with van der Waals surface area (Å²) in [4.78, 5) is 0. The van der Waals surface area contributed by atoms with E-state index in [1.54, 1.807) is 18.2 Å². The number of nitrogen functional groups attached to an aromatic ring is 1. The lowest BCUT2D eigenvalue weighted by Gasteiger charge is -2.42. The molecule has 0 fully saturated rings. The molecular formula is C18H18FN3O3. The molecule has 2 heterocycles. The molecule has 0 spiro atoms. The Kier molecular flexibility index (Phi) is 3.43. The molecule has 0 bridgehead atoms. The third-order valence-corrected chi connectivity index (χ3v) is 4.79. The van der Waals surface area contributed by atoms with Gasteiger partial charge in [0, 0.05) is 11.5 Å². The van der Waals surface area contributed by atoms with Gasteiger partial charge in [0.1, 0.15) is 34.5 Å². The van der Waals surface area contributed by atoms with Gasteiger partial charge in [0.25, 0.3) is 0 Å². The van der Waals surface area contributed by atoms with E-state index in [1.165, 1.54) is 12.1 Å². The number of anilines is 1. The second-order valence-electron chi connectivity index (χ2n) is 6.93. The largest absolute Gasteiger partial charge is 0.483 e. The van der Waals surface area contributed by atoms with Gasteiger partial charge < -0.3 is 15.6 Å². The van der Waals surface area contributed by atoms with Crippen LogP contribution in [0.15, 0.2) is 35.0 Å². The second-order valence-corrected chi connectivity index (χ2v) is 6.93. The fourth-order valence-electron chi connectivity index (χ4n) is 3.42. The summed E-state index contributed by atoms with van der Waals surface area (Å²) >= 11 is 0. The molecule has 0 aliphatic carbocycles. The summed E-state index contributed by atoms with van der Waals surface area (Å²) in [6.45, 7) is 3.62. The highest BCUT2D eigenvalue weighted by molar-refractivity contribution is 5.91. The van der Waals surface area contributed by atoms with E-state index < -0.39 is 11.7 Å². The molecule has 2 unspecified atom stereocenters. The summed E-state index contributed by atoms with van der Waals surface area (Å²) in [5.41, 5.74) is 8.32. The predicted molar refractivity (Wildman–Crippen MR) is 89.8 cm³/mol. The molecule has 130 valence electrons. The number of halogens is 1. The molecule has 6 nitrogen and oxygen atoms in total. The highest BCUT2D eigenvalue weighted by Gasteiger charge is 2.44. The van der Waals surface area contributed by atoms with Crippen molar-refractivity contribution in [3.8, 4) is 5.75 Å². The number of nitrogens with zero attached hydrogens (tertiary/aromatic N) is 2. The minimum atomic E-state index is -0.837. The van der Waals surface area contributed by atoms with Crippen molar-refractivity contribution < 1.29 is 18.9 Å². The normalized spacial score (nSPS) is 21.8. The Morgan fingerprint density at radius 3 is 2.68 bits per heavy atom. The van der Waals surface area contributed by atoms with Gasteiger partial charge in [0.15, 0.2) is 5.52 Å². The predicted octanol–water partition coefficient (Wildman–Crippen LogP) is 2.80. The van der Waals surface area contributed by atoms with Crippen molar-refractivity contribution in [1.29, 1.82) is 0 Å². The smallest absolute Gasteiger partial charge is 0.161 e. The minimum absolute atomic E-state index is 0.285. The Hall–Kier alpha value is -2.67. The van der Waals surface area contributed by atoms with Crippen molar-refractivity contribution in [1.82, 2.24) is 10.3 Å². The average molecular weight is 343 g/mol. The Bertz CT molecular complexity index is 937. The van der Waals surface area contributed by atoms with Crippen molar-refractivity contribution >= 4 is 16.7 Å². The first-order valence-electron chi connectivity index (χ1n) is 8.03. The molecule has 0 saturated heterocycles. The number of hydrogen-bond acceptors (Lipinski definition) is 6. The highest BCUT2D eigenvalue weighted by atomic mass is 19.1. The topological polar surface area (TPSA) is 94.4 Å². The maximum Gasteiger partial charge on any atom is 0.161 e. The zero-order valence-electron chi connectivity index (χ0n) is 13.9. The lowest BCUT2D eigenvalue weighted by molar-refractivity contribution is -0.0575. The van der Waals surface area contributed by atoms with Crippen LogP contribution in [0.25, 0.3) is 11.0 Å². The summed E-state index contributed by atoms with van der Waals surface area (Å²) in [6, 6.07) is 8.02. The van der Waals surface area contributed by atoms with Crippen LogP contribution < -0.4 is 10.5 Å². The van der Waals surface area contributed by atoms with Crippen molar-refractivity contribution in [2.24, 2.45) is 0 Å². The third kappa shape index (κ3) is 2.51. The second kappa shape index (κ2) is 5.42. The zero-order valence-corrected chi connectivity index (χ0v) is 13.9. The molecule has 1 aliphatic heterocycles. The van der Waals surface area contributed by atoms with E-state index >= 15 is 0 Å². The molecule has 2 aromatic carbocycles. The fourth-order valence-corrected chi connectivity index (χ4v) is 3.42. The quantitative estimate of drug-likeness (QED) is 0.695. The Balaban J connectivity index is 1.85. The van der Waals surface area contributed by atoms with Crippen LogP contribution in [0.5, 0.6) is 5.75 Å². The molecule has 3 N–H and O–H groups in total. The first-order valence-corrected chi connectivity index (χ1v) is 8.03. The summed E-state index contributed by atoms with van der Waals surface area (Å²) < 4.78 is 23.9. The van der Waals surface area contributed by atoms with Crippen molar-refractivity contribution in [2.45, 2.75) is 37.9 Å². The van der Waals surface area contributed by atoms with E-state index in [0.717, 1.165) is 11.1 Å². The number of aliphatic hydroxyl groups is 1. The van der Waals surface area contributed by atoms with Gasteiger partial charge in [0.05, 0.1) is 0 Å². The third-order valence-electron chi connectivity index (χ3n) is 4.79. The lowest BCUT2D eigenvalue weighted by Crippen LogP contribution is -2.49. The maximum atomic E-state index is 13.2. The fraction of sp³-hybridized carbons (Fsp3) is 0.333. The number of ether oxygens (including phenoxy) is 1. The van der Waals surface area contributed by atoms with Crippen LogP contribution in [0.4, 0.5) is 10.1 Å². The van der Waals surface area contributed by atoms with Gasteiger partial charge in [-0.2, -0.15) is 0 Å². The Morgan fingerprint density at radius 1 is 1.24 bits per heavy atom. The Labute approximate surface area is 143 Å². The molecule has 25 heavy (non-hydrogen) atoms. The molecule has 0 saturated carbocycles. The molecule has 7 heteroatoms. The zero-order chi connectivity index (χ0) is 17.8. The van der Waals surface area contributed by atoms with Crippen molar-refractivity contribution in [3.63, 3.8) is 0 Å². The number of rotatable bonds is 2. The molecule has 3 aromatic rings. The van der Waals surface area contributed by atoms with Crippen LogP contribution in [0.1, 0.15) is 30.9 Å². The molecule has 0 amide bonds. The van der Waals surface area contributed by atoms with E-state index in [2.05, 4.69) is 10.3 Å². The van der Waals surface area contributed by atoms with E-state index in [0.29, 0.717) is 28.9 Å². The number of aromatic nitrogens is 2. The van der Waals surface area contributed by atoms with Gasteiger partial charge in [-0.3, -0.25) is 0 Å². The molecule has 2 atom stereocenters. The molecule has 0 radical (unpaired) electrons. The van der Waals surface area contributed by atoms with E-state index in [4.69, 9.17) is 15.1 Å². The Morgan fingerprint density at radius 2 is 1.96 bits per heavy atom. The summed E-state index contributed by atoms with van der Waals surface area (Å²) in [7, 11) is 0. The van der Waals surface area contributed by atoms with Crippen LogP contribution >= 0.6 is 0 Å².